The Morgan fingerprint density at radius 1 is 1.32 bits per heavy atom. The minimum absolute atomic E-state index is 0.463. The van der Waals surface area contributed by atoms with E-state index in [1.54, 1.807) is 39.0 Å². The first-order valence-corrected chi connectivity index (χ1v) is 7.76. The van der Waals surface area contributed by atoms with E-state index >= 15 is 0 Å². The van der Waals surface area contributed by atoms with Gasteiger partial charge in [-0.2, -0.15) is 0 Å². The number of amides is 1. The molecule has 2 rings (SSSR count). The van der Waals surface area contributed by atoms with Gasteiger partial charge in [-0.1, -0.05) is 11.6 Å². The molecule has 0 aliphatic heterocycles. The van der Waals surface area contributed by atoms with Crippen molar-refractivity contribution < 1.29 is 19.4 Å². The summed E-state index contributed by atoms with van der Waals surface area (Å²) < 4.78 is 6.19. The van der Waals surface area contributed by atoms with E-state index in [0.717, 1.165) is 15.0 Å². The number of carboxylic acids is 1. The van der Waals surface area contributed by atoms with Gasteiger partial charge in [0.2, 0.25) is 0 Å². The molecule has 1 aromatic heterocycles. The van der Waals surface area contributed by atoms with Gasteiger partial charge in [0.05, 0.1) is 0 Å². The van der Waals surface area contributed by atoms with Crippen LogP contribution in [-0.2, 0) is 9.53 Å². The molecular formula is C15H16ClNO4S. The average molecular weight is 342 g/mol. The first kappa shape index (κ1) is 16.6. The van der Waals surface area contributed by atoms with Gasteiger partial charge in [-0.15, -0.1) is 11.3 Å². The number of aliphatic carboxylic acids is 1. The molecule has 0 bridgehead atoms. The van der Waals surface area contributed by atoms with E-state index in [2.05, 4.69) is 0 Å². The summed E-state index contributed by atoms with van der Waals surface area (Å²) in [6.45, 7) is 4.73. The van der Waals surface area contributed by atoms with Crippen molar-refractivity contribution in [1.82, 2.24) is 0 Å². The Labute approximate surface area is 137 Å². The van der Waals surface area contributed by atoms with Gasteiger partial charge >= 0.3 is 12.1 Å². The highest BCUT2D eigenvalue weighted by Gasteiger charge is 2.26. The van der Waals surface area contributed by atoms with Gasteiger partial charge in [0, 0.05) is 9.72 Å². The summed E-state index contributed by atoms with van der Waals surface area (Å²) in [7, 11) is 0. The highest BCUT2D eigenvalue weighted by atomic mass is 35.5. The van der Waals surface area contributed by atoms with Crippen LogP contribution in [0.3, 0.4) is 0 Å². The Morgan fingerprint density at radius 2 is 2.00 bits per heavy atom. The largest absolute Gasteiger partial charge is 0.480 e. The lowest BCUT2D eigenvalue weighted by Gasteiger charge is -2.25. The van der Waals surface area contributed by atoms with Gasteiger partial charge in [0.15, 0.2) is 0 Å². The molecule has 0 saturated carbocycles. The molecule has 118 valence electrons. The molecule has 0 aliphatic rings. The van der Waals surface area contributed by atoms with E-state index in [4.69, 9.17) is 21.4 Å². The lowest BCUT2D eigenvalue weighted by atomic mass is 10.2. The van der Waals surface area contributed by atoms with Gasteiger partial charge in [-0.25, -0.2) is 4.79 Å². The molecule has 2 aromatic rings. The predicted molar refractivity (Wildman–Crippen MR) is 88.1 cm³/mol. The number of carbonyl (C=O) groups excluding carboxylic acids is 1. The van der Waals surface area contributed by atoms with Crippen molar-refractivity contribution in [2.24, 2.45) is 0 Å². The summed E-state index contributed by atoms with van der Waals surface area (Å²) >= 11 is 7.26. The fraction of sp³-hybridized carbons (Fsp3) is 0.333. The van der Waals surface area contributed by atoms with Crippen molar-refractivity contribution in [1.29, 1.82) is 0 Å². The number of anilines is 1. The van der Waals surface area contributed by atoms with Crippen molar-refractivity contribution in [2.75, 3.05) is 11.4 Å². The first-order valence-electron chi connectivity index (χ1n) is 6.57. The number of ether oxygens (including phenoxy) is 1. The third kappa shape index (κ3) is 4.11. The van der Waals surface area contributed by atoms with Crippen LogP contribution in [0.2, 0.25) is 5.02 Å². The molecule has 22 heavy (non-hydrogen) atoms. The number of carbonyl (C=O) groups is 2. The standard InChI is InChI=1S/C15H16ClNO4S/c1-15(2,3)21-14(20)17(8-13(18)19)12-7-9-6-10(16)4-5-11(9)22-12/h4-7H,8H2,1-3H3,(H,18,19). The molecule has 7 heteroatoms. The van der Waals surface area contributed by atoms with Crippen LogP contribution in [0.4, 0.5) is 9.80 Å². The van der Waals surface area contributed by atoms with Crippen LogP contribution in [0, 0.1) is 0 Å². The molecule has 1 amide bonds. The number of benzene rings is 1. The molecule has 0 saturated heterocycles. The Kier molecular flexibility index (Phi) is 4.63. The van der Waals surface area contributed by atoms with Gasteiger partial charge < -0.3 is 9.84 Å². The van der Waals surface area contributed by atoms with E-state index in [1.807, 2.05) is 6.07 Å². The fourth-order valence-electron chi connectivity index (χ4n) is 1.82. The number of hydrogen-bond donors (Lipinski definition) is 1. The molecule has 0 radical (unpaired) electrons. The summed E-state index contributed by atoms with van der Waals surface area (Å²) in [5.74, 6) is -1.11. The average Bonchev–Trinajstić information content (AvgIpc) is 2.75. The van der Waals surface area contributed by atoms with E-state index in [1.165, 1.54) is 11.3 Å². The van der Waals surface area contributed by atoms with Gasteiger partial charge in [0.1, 0.15) is 17.1 Å². The topological polar surface area (TPSA) is 66.8 Å². The van der Waals surface area contributed by atoms with Crippen LogP contribution in [0.5, 0.6) is 0 Å². The second kappa shape index (κ2) is 6.14. The number of nitrogens with zero attached hydrogens (tertiary/aromatic N) is 1. The molecule has 1 N–H and O–H groups in total. The smallest absolute Gasteiger partial charge is 0.415 e. The minimum atomic E-state index is -1.11. The van der Waals surface area contributed by atoms with Crippen LogP contribution in [0.15, 0.2) is 24.3 Å². The monoisotopic (exact) mass is 341 g/mol. The summed E-state index contributed by atoms with van der Waals surface area (Å²) in [6, 6.07) is 7.09. The number of carboxylic acid groups (broad SMARTS) is 1. The Bertz CT molecular complexity index is 720. The van der Waals surface area contributed by atoms with Crippen LogP contribution >= 0.6 is 22.9 Å². The first-order chi connectivity index (χ1) is 10.2. The van der Waals surface area contributed by atoms with Crippen molar-refractivity contribution in [3.63, 3.8) is 0 Å². The third-order valence-corrected chi connectivity index (χ3v) is 4.01. The predicted octanol–water partition coefficient (Wildman–Crippen LogP) is 4.38. The van der Waals surface area contributed by atoms with E-state index in [9.17, 15) is 9.59 Å². The summed E-state index contributed by atoms with van der Waals surface area (Å²) in [5, 5.41) is 11.0. The number of thiophene rings is 1. The number of fused-ring (bicyclic) bond motifs is 1. The van der Waals surface area contributed by atoms with E-state index in [-0.39, 0.29) is 0 Å². The Hall–Kier alpha value is -1.79. The lowest BCUT2D eigenvalue weighted by molar-refractivity contribution is -0.135. The maximum Gasteiger partial charge on any atom is 0.415 e. The number of rotatable bonds is 3. The maximum absolute atomic E-state index is 12.3. The second-order valence-corrected chi connectivity index (χ2v) is 7.23. The molecular weight excluding hydrogens is 326 g/mol. The lowest BCUT2D eigenvalue weighted by Crippen LogP contribution is -2.39. The molecule has 0 fully saturated rings. The molecule has 0 aliphatic carbocycles. The van der Waals surface area contributed by atoms with Crippen LogP contribution in [0.25, 0.3) is 10.1 Å². The van der Waals surface area contributed by atoms with Gasteiger partial charge in [-0.3, -0.25) is 9.69 Å². The number of halogens is 1. The van der Waals surface area contributed by atoms with Crippen molar-refractivity contribution >= 4 is 50.1 Å². The summed E-state index contributed by atoms with van der Waals surface area (Å²) in [5.41, 5.74) is -0.701. The number of hydrogen-bond acceptors (Lipinski definition) is 4. The molecule has 1 heterocycles. The van der Waals surface area contributed by atoms with E-state index in [0.29, 0.717) is 10.0 Å². The Balaban J connectivity index is 2.38. The molecule has 0 spiro atoms. The van der Waals surface area contributed by atoms with Crippen molar-refractivity contribution in [3.05, 3.63) is 29.3 Å². The second-order valence-electron chi connectivity index (χ2n) is 5.73. The maximum atomic E-state index is 12.3. The summed E-state index contributed by atoms with van der Waals surface area (Å²) in [6.07, 6.45) is -0.687. The van der Waals surface area contributed by atoms with Crippen LogP contribution < -0.4 is 4.90 Å². The quantitative estimate of drug-likeness (QED) is 0.899. The Morgan fingerprint density at radius 3 is 2.59 bits per heavy atom. The normalized spacial score (nSPS) is 11.5. The van der Waals surface area contributed by atoms with Crippen LogP contribution in [0.1, 0.15) is 20.8 Å². The zero-order chi connectivity index (χ0) is 16.5. The van der Waals surface area contributed by atoms with Crippen molar-refractivity contribution in [2.45, 2.75) is 26.4 Å². The molecule has 0 unspecified atom stereocenters. The fourth-order valence-corrected chi connectivity index (χ4v) is 3.03. The highest BCUT2D eigenvalue weighted by Crippen LogP contribution is 2.34. The van der Waals surface area contributed by atoms with Gasteiger partial charge in [-0.05, 0) is 50.4 Å². The van der Waals surface area contributed by atoms with Crippen molar-refractivity contribution in [3.8, 4) is 0 Å². The zero-order valence-electron chi connectivity index (χ0n) is 12.4. The molecule has 0 atom stereocenters. The zero-order valence-corrected chi connectivity index (χ0v) is 14.0. The SMILES string of the molecule is CC(C)(C)OC(=O)N(CC(=O)O)c1cc2cc(Cl)ccc2s1. The molecule has 1 aromatic carbocycles. The molecule has 5 nitrogen and oxygen atoms in total. The minimum Gasteiger partial charge on any atom is -0.480 e. The highest BCUT2D eigenvalue weighted by molar-refractivity contribution is 7.23. The van der Waals surface area contributed by atoms with Crippen LogP contribution in [-0.4, -0.2) is 29.3 Å². The van der Waals surface area contributed by atoms with Gasteiger partial charge in [0.25, 0.3) is 0 Å². The summed E-state index contributed by atoms with van der Waals surface area (Å²) in [4.78, 5) is 24.4. The third-order valence-electron chi connectivity index (χ3n) is 2.64. The van der Waals surface area contributed by atoms with E-state index < -0.39 is 24.2 Å².